The van der Waals surface area contributed by atoms with Crippen LogP contribution in [-0.2, 0) is 62.1 Å². The van der Waals surface area contributed by atoms with Crippen LogP contribution in [0.25, 0.3) is 0 Å². The molecule has 2 aliphatic carbocycles. The fraction of sp³-hybridized carbons (Fsp3) is 0.889. The molecule has 0 saturated heterocycles. The van der Waals surface area contributed by atoms with Gasteiger partial charge in [-0.15, -0.1) is 0 Å². The van der Waals surface area contributed by atoms with Gasteiger partial charge in [0.25, 0.3) is 0 Å². The molecule has 12 nitrogen and oxygen atoms in total. The van der Waals surface area contributed by atoms with Gasteiger partial charge in [0.05, 0.1) is 12.8 Å². The summed E-state index contributed by atoms with van der Waals surface area (Å²) in [5.41, 5.74) is 11.8. The third kappa shape index (κ3) is 24.9. The van der Waals surface area contributed by atoms with Gasteiger partial charge in [-0.25, -0.2) is 0 Å². The zero-order valence-corrected chi connectivity index (χ0v) is 23.8. The second-order valence-electron chi connectivity index (χ2n) is 7.75. The van der Waals surface area contributed by atoms with E-state index in [-0.39, 0.29) is 67.1 Å². The van der Waals surface area contributed by atoms with E-state index in [9.17, 15) is 9.59 Å². The Bertz CT molecular complexity index is 585. The summed E-state index contributed by atoms with van der Waals surface area (Å²) < 4.78 is 31.6. The van der Waals surface area contributed by atoms with Crippen LogP contribution >= 0.6 is 0 Å². The maximum atomic E-state index is 10.3. The molecule has 2 rings (SSSR count). The van der Waals surface area contributed by atoms with Gasteiger partial charge in [0.15, 0.2) is 0 Å². The summed E-state index contributed by atoms with van der Waals surface area (Å²) >= 11 is 0. The number of carbonyl (C=O) groups is 2. The van der Waals surface area contributed by atoms with Crippen molar-refractivity contribution in [1.82, 2.24) is 10.6 Å². The minimum absolute atomic E-state index is 0. The Hall–Kier alpha value is 0.0266. The van der Waals surface area contributed by atoms with Crippen LogP contribution in [0, 0.1) is 0 Å². The van der Waals surface area contributed by atoms with Crippen molar-refractivity contribution in [3.8, 4) is 0 Å². The normalized spacial score (nSPS) is 24.4. The second-order valence-corrected chi connectivity index (χ2v) is 8.65. The number of nitrogens with two attached hydrogens (primary N) is 2. The van der Waals surface area contributed by atoms with Crippen LogP contribution < -0.4 is 22.1 Å². The molecule has 0 aromatic rings. The molecule has 15 heteroatoms. The average Bonchev–Trinajstić information content (AvgIpc) is 2.64. The van der Waals surface area contributed by atoms with Crippen LogP contribution in [0.1, 0.15) is 64.2 Å². The smallest absolute Gasteiger partial charge is 0.481 e. The summed E-state index contributed by atoms with van der Waals surface area (Å²) in [5, 5.41) is 23.3. The van der Waals surface area contributed by atoms with Crippen molar-refractivity contribution in [2.24, 2.45) is 11.5 Å². The average molecular weight is 861 g/mol. The first-order valence-corrected chi connectivity index (χ1v) is 11.9. The molecule has 2 fully saturated rings. The van der Waals surface area contributed by atoms with Crippen molar-refractivity contribution < 1.29 is 79.5 Å². The van der Waals surface area contributed by atoms with Crippen LogP contribution in [0.4, 0.5) is 0 Å². The molecule has 33 heavy (non-hydrogen) atoms. The van der Waals surface area contributed by atoms with Crippen molar-refractivity contribution in [3.05, 3.63) is 0 Å². The first-order valence-electron chi connectivity index (χ1n) is 10.5. The maximum absolute atomic E-state index is 10.3. The van der Waals surface area contributed by atoms with E-state index in [2.05, 4.69) is 10.6 Å². The summed E-state index contributed by atoms with van der Waals surface area (Å²) in [4.78, 5) is 20.5. The first kappa shape index (κ1) is 37.6. The Morgan fingerprint density at radius 1 is 0.727 bits per heavy atom. The molecule has 0 radical (unpaired) electrons. The van der Waals surface area contributed by atoms with Crippen LogP contribution in [0.3, 0.4) is 0 Å². The van der Waals surface area contributed by atoms with Crippen LogP contribution in [0.15, 0.2) is 0 Å². The molecule has 0 unspecified atom stereocenters. The summed E-state index contributed by atoms with van der Waals surface area (Å²) in [6.07, 6.45) is 9.48. The van der Waals surface area contributed by atoms with Gasteiger partial charge < -0.3 is 32.3 Å². The monoisotopic (exact) mass is 860 g/mol. The number of hydrogen-bond acceptors (Lipinski definition) is 8. The van der Waals surface area contributed by atoms with E-state index in [1.165, 1.54) is 25.7 Å². The number of rotatable bonds is 8. The Labute approximate surface area is 224 Å². The number of aliphatic carboxylic acids is 2. The third-order valence-electron chi connectivity index (χ3n) is 5.13. The first-order chi connectivity index (χ1) is 14.4. The number of carboxylic acids is 2. The topological polar surface area (TPSA) is 225 Å². The van der Waals surface area contributed by atoms with Gasteiger partial charge in [-0.1, -0.05) is 25.7 Å². The van der Waals surface area contributed by atoms with E-state index >= 15 is 0 Å². The Morgan fingerprint density at radius 2 is 1.00 bits per heavy atom. The quantitative estimate of drug-likeness (QED) is 0.151. The molecule has 10 N–H and O–H groups in total. The molecule has 0 aromatic carbocycles. The molecule has 0 spiro atoms. The summed E-state index contributed by atoms with van der Waals surface area (Å²) in [7, 11) is -4.67. The molecular weight excluding hydrogens is 822 g/mol. The Kier molecular flexibility index (Phi) is 24.3. The van der Waals surface area contributed by atoms with Gasteiger partial charge in [-0.3, -0.25) is 18.7 Å². The SMILES string of the molecule is N[C@@H]1CCCC[C@H]1NCCC(=O)O.N[C@@H]1CCCC[C@H]1NCCC(=O)O.O=S(=O)(O)O.[Pt+2].[Pt+2]. The molecule has 0 heterocycles. The van der Waals surface area contributed by atoms with Crippen molar-refractivity contribution in [1.29, 1.82) is 0 Å². The van der Waals surface area contributed by atoms with Crippen molar-refractivity contribution in [3.63, 3.8) is 0 Å². The zero-order chi connectivity index (χ0) is 23.9. The van der Waals surface area contributed by atoms with Crippen molar-refractivity contribution in [2.45, 2.75) is 88.4 Å². The van der Waals surface area contributed by atoms with Crippen LogP contribution in [-0.4, -0.2) is 76.9 Å². The molecule has 2 saturated carbocycles. The fourth-order valence-corrected chi connectivity index (χ4v) is 3.55. The molecule has 0 bridgehead atoms. The number of hydrogen-bond donors (Lipinski definition) is 8. The Balaban J connectivity index is -0.000000433. The molecular formula is C18H38N4O8Pt2S+4. The second kappa shape index (κ2) is 21.3. The predicted molar refractivity (Wildman–Crippen MR) is 115 cm³/mol. The summed E-state index contributed by atoms with van der Waals surface area (Å²) in [6.45, 7) is 1.07. The molecule has 0 aromatic heterocycles. The molecule has 0 aliphatic heterocycles. The van der Waals surface area contributed by atoms with Gasteiger partial charge in [-0.05, 0) is 25.7 Å². The standard InChI is InChI=1S/2C9H18N2O2.H2O4S.2Pt/c2*10-7-3-1-2-4-8(7)11-6-5-9(12)13;1-5(2,3)4;;/h2*7-8,11H,1-6,10H2,(H,12,13);(H2,1,2,3,4);;/q;;;2*+2/t2*7-,8-;;;/m11.../s1. The fourth-order valence-electron chi connectivity index (χ4n) is 3.55. The summed E-state index contributed by atoms with van der Waals surface area (Å²) in [5.74, 6) is -1.51. The van der Waals surface area contributed by atoms with E-state index in [1.54, 1.807) is 0 Å². The number of nitrogens with one attached hydrogen (secondary N) is 2. The summed E-state index contributed by atoms with van der Waals surface area (Å²) in [6, 6.07) is 1.08. The van der Waals surface area contributed by atoms with Gasteiger partial charge in [-0.2, -0.15) is 8.42 Å². The van der Waals surface area contributed by atoms with Gasteiger partial charge in [0.1, 0.15) is 0 Å². The molecule has 0 amide bonds. The Morgan fingerprint density at radius 3 is 1.24 bits per heavy atom. The zero-order valence-electron chi connectivity index (χ0n) is 18.4. The molecule has 2 aliphatic rings. The van der Waals surface area contributed by atoms with Gasteiger partial charge in [0.2, 0.25) is 0 Å². The van der Waals surface area contributed by atoms with Crippen molar-refractivity contribution in [2.75, 3.05) is 13.1 Å². The third-order valence-corrected chi connectivity index (χ3v) is 5.13. The minimum atomic E-state index is -4.67. The van der Waals surface area contributed by atoms with Gasteiger partial charge >= 0.3 is 64.5 Å². The molecule has 4 atom stereocenters. The predicted octanol–water partition coefficient (Wildman–Crippen LogP) is -0.0166. The van der Waals surface area contributed by atoms with Crippen LogP contribution in [0.5, 0.6) is 0 Å². The van der Waals surface area contributed by atoms with Crippen molar-refractivity contribution >= 4 is 22.3 Å². The van der Waals surface area contributed by atoms with E-state index < -0.39 is 22.3 Å². The maximum Gasteiger partial charge on any atom is 2.00 e. The van der Waals surface area contributed by atoms with E-state index in [1.807, 2.05) is 0 Å². The minimum Gasteiger partial charge on any atom is -0.481 e. The van der Waals surface area contributed by atoms with Gasteiger partial charge in [0, 0.05) is 37.3 Å². The van der Waals surface area contributed by atoms with E-state index in [4.69, 9.17) is 39.2 Å². The number of carboxylic acid groups (broad SMARTS) is 2. The van der Waals surface area contributed by atoms with Crippen LogP contribution in [0.2, 0.25) is 0 Å². The molecule has 200 valence electrons. The largest absolute Gasteiger partial charge is 2.00 e. The van der Waals surface area contributed by atoms with E-state index in [0.717, 1.165) is 25.7 Å². The van der Waals surface area contributed by atoms with E-state index in [0.29, 0.717) is 25.2 Å².